The molecule has 0 saturated carbocycles. The summed E-state index contributed by atoms with van der Waals surface area (Å²) in [6, 6.07) is 7.01. The zero-order valence-corrected chi connectivity index (χ0v) is 14.6. The van der Waals surface area contributed by atoms with Crippen LogP contribution in [0.4, 0.5) is 4.79 Å². The molecular formula is C18H24N4O3. The first-order chi connectivity index (χ1) is 12.2. The van der Waals surface area contributed by atoms with Gasteiger partial charge in [-0.2, -0.15) is 0 Å². The number of aromatic nitrogens is 2. The van der Waals surface area contributed by atoms with E-state index < -0.39 is 0 Å². The molecule has 2 heterocycles. The first kappa shape index (κ1) is 17.3. The lowest BCUT2D eigenvalue weighted by molar-refractivity contribution is 0.111. The average molecular weight is 344 g/mol. The summed E-state index contributed by atoms with van der Waals surface area (Å²) in [6.07, 6.45) is 5.73. The number of benzene rings is 1. The standard InChI is InChI=1S/C18H24N4O3/c1-22-10-9-19-17(22)16(13-5-7-14(24-2)8-6-13)21-18(23)20-12-15-4-3-11-25-15/h5-10,15-16H,3-4,11-12H2,1-2H3,(H2,20,21,23). The molecule has 1 aliphatic rings. The molecule has 2 unspecified atom stereocenters. The van der Waals surface area contributed by atoms with E-state index in [2.05, 4.69) is 15.6 Å². The molecule has 0 bridgehead atoms. The first-order valence-electron chi connectivity index (χ1n) is 8.44. The Hall–Kier alpha value is -2.54. The lowest BCUT2D eigenvalue weighted by Gasteiger charge is -2.20. The van der Waals surface area contributed by atoms with Crippen molar-refractivity contribution >= 4 is 6.03 Å². The molecule has 1 fully saturated rings. The number of rotatable bonds is 6. The van der Waals surface area contributed by atoms with Gasteiger partial charge in [0.05, 0.1) is 13.2 Å². The predicted octanol–water partition coefficient (Wildman–Crippen LogP) is 2.00. The number of carbonyl (C=O) groups excluding carboxylic acids is 1. The molecule has 2 N–H and O–H groups in total. The smallest absolute Gasteiger partial charge is 0.315 e. The van der Waals surface area contributed by atoms with Gasteiger partial charge in [-0.15, -0.1) is 0 Å². The molecule has 0 radical (unpaired) electrons. The van der Waals surface area contributed by atoms with E-state index in [0.29, 0.717) is 6.54 Å². The third-order valence-corrected chi connectivity index (χ3v) is 4.36. The Kier molecular flexibility index (Phi) is 5.55. The highest BCUT2D eigenvalue weighted by molar-refractivity contribution is 5.74. The highest BCUT2D eigenvalue weighted by Crippen LogP contribution is 2.23. The molecular weight excluding hydrogens is 320 g/mol. The summed E-state index contributed by atoms with van der Waals surface area (Å²) in [4.78, 5) is 16.8. The molecule has 25 heavy (non-hydrogen) atoms. The minimum absolute atomic E-state index is 0.110. The van der Waals surface area contributed by atoms with Gasteiger partial charge < -0.3 is 24.7 Å². The van der Waals surface area contributed by atoms with Crippen molar-refractivity contribution in [2.45, 2.75) is 25.0 Å². The fourth-order valence-corrected chi connectivity index (χ4v) is 2.94. The van der Waals surface area contributed by atoms with Crippen molar-refractivity contribution in [1.29, 1.82) is 0 Å². The molecule has 134 valence electrons. The third-order valence-electron chi connectivity index (χ3n) is 4.36. The number of methoxy groups -OCH3 is 1. The van der Waals surface area contributed by atoms with E-state index in [1.165, 1.54) is 0 Å². The van der Waals surface area contributed by atoms with Gasteiger partial charge in [-0.1, -0.05) is 12.1 Å². The van der Waals surface area contributed by atoms with Crippen LogP contribution < -0.4 is 15.4 Å². The number of urea groups is 1. The van der Waals surface area contributed by atoms with Crippen LogP contribution >= 0.6 is 0 Å². The second kappa shape index (κ2) is 8.02. The molecule has 2 amide bonds. The summed E-state index contributed by atoms with van der Waals surface area (Å²) >= 11 is 0. The lowest BCUT2D eigenvalue weighted by Crippen LogP contribution is -2.42. The van der Waals surface area contributed by atoms with Crippen LogP contribution in [0.1, 0.15) is 30.3 Å². The zero-order chi connectivity index (χ0) is 17.6. The molecule has 2 atom stereocenters. The first-order valence-corrected chi connectivity index (χ1v) is 8.44. The summed E-state index contributed by atoms with van der Waals surface area (Å²) in [6.45, 7) is 1.29. The Morgan fingerprint density at radius 1 is 1.44 bits per heavy atom. The predicted molar refractivity (Wildman–Crippen MR) is 93.6 cm³/mol. The van der Waals surface area contributed by atoms with Crippen molar-refractivity contribution in [3.05, 3.63) is 48.0 Å². The number of imidazole rings is 1. The SMILES string of the molecule is COc1ccc(C(NC(=O)NCC2CCCO2)c2nccn2C)cc1. The number of aryl methyl sites for hydroxylation is 1. The van der Waals surface area contributed by atoms with Crippen LogP contribution in [0.5, 0.6) is 5.75 Å². The molecule has 2 aromatic rings. The zero-order valence-electron chi connectivity index (χ0n) is 14.6. The maximum Gasteiger partial charge on any atom is 0.315 e. The Morgan fingerprint density at radius 2 is 2.24 bits per heavy atom. The van der Waals surface area contributed by atoms with Gasteiger partial charge in [-0.05, 0) is 30.5 Å². The van der Waals surface area contributed by atoms with Crippen LogP contribution in [-0.2, 0) is 11.8 Å². The molecule has 7 heteroatoms. The molecule has 3 rings (SSSR count). The maximum absolute atomic E-state index is 12.4. The van der Waals surface area contributed by atoms with E-state index in [0.717, 1.165) is 36.6 Å². The van der Waals surface area contributed by atoms with Crippen molar-refractivity contribution in [1.82, 2.24) is 20.2 Å². The fourth-order valence-electron chi connectivity index (χ4n) is 2.94. The van der Waals surface area contributed by atoms with Gasteiger partial charge in [0, 0.05) is 32.6 Å². The molecule has 7 nitrogen and oxygen atoms in total. The van der Waals surface area contributed by atoms with E-state index >= 15 is 0 Å². The monoisotopic (exact) mass is 344 g/mol. The Morgan fingerprint density at radius 3 is 2.84 bits per heavy atom. The van der Waals surface area contributed by atoms with Crippen LogP contribution in [0.3, 0.4) is 0 Å². The van der Waals surface area contributed by atoms with Crippen LogP contribution in [0.2, 0.25) is 0 Å². The van der Waals surface area contributed by atoms with Crippen molar-refractivity contribution in [2.75, 3.05) is 20.3 Å². The van der Waals surface area contributed by atoms with Crippen molar-refractivity contribution in [2.24, 2.45) is 7.05 Å². The van der Waals surface area contributed by atoms with E-state index in [9.17, 15) is 4.79 Å². The van der Waals surface area contributed by atoms with Crippen molar-refractivity contribution in [3.63, 3.8) is 0 Å². The second-order valence-corrected chi connectivity index (χ2v) is 6.09. The Balaban J connectivity index is 1.71. The molecule has 0 aliphatic carbocycles. The van der Waals surface area contributed by atoms with E-state index in [-0.39, 0.29) is 18.2 Å². The maximum atomic E-state index is 12.4. The number of ether oxygens (including phenoxy) is 2. The summed E-state index contributed by atoms with van der Waals surface area (Å²) < 4.78 is 12.6. The number of hydrogen-bond donors (Lipinski definition) is 2. The largest absolute Gasteiger partial charge is 0.497 e. The van der Waals surface area contributed by atoms with E-state index in [4.69, 9.17) is 9.47 Å². The minimum atomic E-state index is -0.351. The van der Waals surface area contributed by atoms with Crippen LogP contribution in [0.25, 0.3) is 0 Å². The number of carbonyl (C=O) groups is 1. The Bertz CT molecular complexity index is 693. The number of nitrogens with one attached hydrogen (secondary N) is 2. The summed E-state index contributed by atoms with van der Waals surface area (Å²) in [5.74, 6) is 1.53. The van der Waals surface area contributed by atoms with Gasteiger partial charge in [0.1, 0.15) is 17.6 Å². The van der Waals surface area contributed by atoms with Gasteiger partial charge in [-0.3, -0.25) is 0 Å². The third kappa shape index (κ3) is 4.30. The highest BCUT2D eigenvalue weighted by Gasteiger charge is 2.22. The minimum Gasteiger partial charge on any atom is -0.497 e. The molecule has 1 aromatic heterocycles. The van der Waals surface area contributed by atoms with E-state index in [1.54, 1.807) is 13.3 Å². The normalized spacial score (nSPS) is 17.9. The summed E-state index contributed by atoms with van der Waals surface area (Å²) in [5.41, 5.74) is 0.933. The fraction of sp³-hybridized carbons (Fsp3) is 0.444. The second-order valence-electron chi connectivity index (χ2n) is 6.09. The highest BCUT2D eigenvalue weighted by atomic mass is 16.5. The van der Waals surface area contributed by atoms with Gasteiger partial charge in [0.15, 0.2) is 0 Å². The number of nitrogens with zero attached hydrogens (tertiary/aromatic N) is 2. The van der Waals surface area contributed by atoms with Crippen LogP contribution in [-0.4, -0.2) is 41.9 Å². The van der Waals surface area contributed by atoms with Gasteiger partial charge in [-0.25, -0.2) is 9.78 Å². The van der Waals surface area contributed by atoms with Gasteiger partial charge in [0.25, 0.3) is 0 Å². The van der Waals surface area contributed by atoms with E-state index in [1.807, 2.05) is 42.1 Å². The van der Waals surface area contributed by atoms with Gasteiger partial charge in [0.2, 0.25) is 0 Å². The topological polar surface area (TPSA) is 77.4 Å². The number of amides is 2. The van der Waals surface area contributed by atoms with Crippen molar-refractivity contribution in [3.8, 4) is 5.75 Å². The average Bonchev–Trinajstić information content (AvgIpc) is 3.30. The molecule has 0 spiro atoms. The number of hydrogen-bond acceptors (Lipinski definition) is 4. The van der Waals surface area contributed by atoms with Gasteiger partial charge >= 0.3 is 6.03 Å². The molecule has 1 aromatic carbocycles. The molecule has 1 saturated heterocycles. The van der Waals surface area contributed by atoms with Crippen molar-refractivity contribution < 1.29 is 14.3 Å². The quantitative estimate of drug-likeness (QED) is 0.840. The lowest BCUT2D eigenvalue weighted by atomic mass is 10.1. The van der Waals surface area contributed by atoms with Crippen LogP contribution in [0.15, 0.2) is 36.7 Å². The summed E-state index contributed by atoms with van der Waals surface area (Å²) in [7, 11) is 3.53. The summed E-state index contributed by atoms with van der Waals surface area (Å²) in [5, 5.41) is 5.90. The van der Waals surface area contributed by atoms with Crippen LogP contribution in [0, 0.1) is 0 Å². The Labute approximate surface area is 147 Å². The molecule has 1 aliphatic heterocycles.